The molecule has 0 fully saturated rings. The SMILES string of the molecule is C#CN(C(=O)C(Cc1ccccc1)NC(=O)OC(C)(C)C)C(C(=O)NC(C)C)c1ccc(O)cc1. The molecule has 0 heterocycles. The van der Waals surface area contributed by atoms with Gasteiger partial charge in [0.1, 0.15) is 23.4 Å². The first-order valence-corrected chi connectivity index (χ1v) is 11.3. The summed E-state index contributed by atoms with van der Waals surface area (Å²) >= 11 is 0. The standard InChI is InChI=1S/C27H33N3O5/c1-7-30(23(24(32)28-18(2)3)20-13-15-21(31)16-14-20)25(33)22(17-19-11-9-8-10-12-19)29-26(34)35-27(4,5)6/h1,8-16,18,22-23,31H,17H2,2-6H3,(H,28,32)(H,29,34). The average molecular weight is 480 g/mol. The molecule has 2 aromatic rings. The zero-order valence-corrected chi connectivity index (χ0v) is 20.7. The average Bonchev–Trinajstić information content (AvgIpc) is 2.76. The van der Waals surface area contributed by atoms with Crippen molar-refractivity contribution in [2.24, 2.45) is 0 Å². The van der Waals surface area contributed by atoms with Gasteiger partial charge in [0.05, 0.1) is 0 Å². The Morgan fingerprint density at radius 2 is 1.63 bits per heavy atom. The van der Waals surface area contributed by atoms with Crippen LogP contribution in [0.1, 0.15) is 51.8 Å². The summed E-state index contributed by atoms with van der Waals surface area (Å²) in [5, 5.41) is 15.1. The summed E-state index contributed by atoms with van der Waals surface area (Å²) in [5.74, 6) is -1.14. The van der Waals surface area contributed by atoms with Crippen molar-refractivity contribution in [3.05, 3.63) is 65.7 Å². The van der Waals surface area contributed by atoms with Crippen LogP contribution in [0.3, 0.4) is 0 Å². The molecule has 0 aliphatic rings. The summed E-state index contributed by atoms with van der Waals surface area (Å²) < 4.78 is 5.35. The predicted octanol–water partition coefficient (Wildman–Crippen LogP) is 3.51. The highest BCUT2D eigenvalue weighted by molar-refractivity contribution is 5.93. The van der Waals surface area contributed by atoms with Crippen LogP contribution >= 0.6 is 0 Å². The van der Waals surface area contributed by atoms with Gasteiger partial charge < -0.3 is 20.5 Å². The molecular weight excluding hydrogens is 446 g/mol. The molecule has 8 heteroatoms. The number of aromatic hydroxyl groups is 1. The largest absolute Gasteiger partial charge is 0.508 e. The number of carbonyl (C=O) groups excluding carboxylic acids is 3. The van der Waals surface area contributed by atoms with Gasteiger partial charge in [-0.15, -0.1) is 0 Å². The number of terminal acetylenes is 1. The number of amides is 3. The molecule has 35 heavy (non-hydrogen) atoms. The van der Waals surface area contributed by atoms with E-state index >= 15 is 0 Å². The van der Waals surface area contributed by atoms with Crippen LogP contribution in [0.4, 0.5) is 4.79 Å². The summed E-state index contributed by atoms with van der Waals surface area (Å²) in [5.41, 5.74) is 0.414. The fourth-order valence-electron chi connectivity index (χ4n) is 3.37. The van der Waals surface area contributed by atoms with Crippen LogP contribution < -0.4 is 10.6 Å². The number of ether oxygens (including phenoxy) is 1. The Morgan fingerprint density at radius 3 is 2.14 bits per heavy atom. The Kier molecular flexibility index (Phi) is 9.29. The molecule has 186 valence electrons. The number of nitrogens with zero attached hydrogens (tertiary/aromatic N) is 1. The van der Waals surface area contributed by atoms with Gasteiger partial charge in [0.25, 0.3) is 5.91 Å². The van der Waals surface area contributed by atoms with Crippen molar-refractivity contribution in [1.29, 1.82) is 0 Å². The van der Waals surface area contributed by atoms with Gasteiger partial charge in [-0.3, -0.25) is 14.5 Å². The van der Waals surface area contributed by atoms with Gasteiger partial charge in [0, 0.05) is 18.5 Å². The zero-order chi connectivity index (χ0) is 26.2. The molecule has 2 atom stereocenters. The Balaban J connectivity index is 2.46. The van der Waals surface area contributed by atoms with E-state index in [2.05, 4.69) is 16.7 Å². The number of hydrogen-bond acceptors (Lipinski definition) is 5. The molecule has 3 N–H and O–H groups in total. The fourth-order valence-corrected chi connectivity index (χ4v) is 3.37. The topological polar surface area (TPSA) is 108 Å². The number of hydrogen-bond donors (Lipinski definition) is 3. The molecule has 0 saturated carbocycles. The molecule has 8 nitrogen and oxygen atoms in total. The molecular formula is C27H33N3O5. The molecule has 0 bridgehead atoms. The minimum absolute atomic E-state index is 0.00361. The van der Waals surface area contributed by atoms with E-state index in [-0.39, 0.29) is 18.2 Å². The maximum absolute atomic E-state index is 13.7. The van der Waals surface area contributed by atoms with Crippen LogP contribution in [-0.4, -0.2) is 45.6 Å². The van der Waals surface area contributed by atoms with Crippen molar-refractivity contribution in [1.82, 2.24) is 15.5 Å². The Morgan fingerprint density at radius 1 is 1.03 bits per heavy atom. The Hall–Kier alpha value is -3.99. The van der Waals surface area contributed by atoms with Crippen LogP contribution in [0, 0.1) is 12.5 Å². The van der Waals surface area contributed by atoms with Gasteiger partial charge in [-0.25, -0.2) is 4.79 Å². The van der Waals surface area contributed by atoms with Crippen LogP contribution in [0.2, 0.25) is 0 Å². The Labute approximate surface area is 206 Å². The number of phenolic OH excluding ortho intramolecular Hbond substituents is 1. The van der Waals surface area contributed by atoms with Gasteiger partial charge >= 0.3 is 6.09 Å². The highest BCUT2D eigenvalue weighted by atomic mass is 16.6. The summed E-state index contributed by atoms with van der Waals surface area (Å²) in [6.45, 7) is 8.72. The molecule has 0 spiro atoms. The Bertz CT molecular complexity index is 1050. The highest BCUT2D eigenvalue weighted by Gasteiger charge is 2.36. The van der Waals surface area contributed by atoms with Gasteiger partial charge in [0.2, 0.25) is 5.91 Å². The van der Waals surface area contributed by atoms with E-state index < -0.39 is 35.6 Å². The number of rotatable bonds is 8. The van der Waals surface area contributed by atoms with Crippen molar-refractivity contribution in [3.8, 4) is 18.2 Å². The second-order valence-electron chi connectivity index (χ2n) is 9.38. The molecule has 2 rings (SSSR count). The lowest BCUT2D eigenvalue weighted by molar-refractivity contribution is -0.138. The number of phenols is 1. The van der Waals surface area contributed by atoms with E-state index in [9.17, 15) is 19.5 Å². The van der Waals surface area contributed by atoms with Gasteiger partial charge in [0.15, 0.2) is 0 Å². The third kappa shape index (κ3) is 8.38. The van der Waals surface area contributed by atoms with E-state index in [0.29, 0.717) is 5.56 Å². The molecule has 0 aliphatic heterocycles. The molecule has 2 aromatic carbocycles. The van der Waals surface area contributed by atoms with E-state index in [0.717, 1.165) is 10.5 Å². The van der Waals surface area contributed by atoms with Crippen LogP contribution in [0.5, 0.6) is 5.75 Å². The van der Waals surface area contributed by atoms with Crippen LogP contribution in [0.15, 0.2) is 54.6 Å². The normalized spacial score (nSPS) is 12.7. The lowest BCUT2D eigenvalue weighted by atomic mass is 10.0. The second kappa shape index (κ2) is 11.9. The van der Waals surface area contributed by atoms with Crippen molar-refractivity contribution in [2.45, 2.75) is 64.8 Å². The monoisotopic (exact) mass is 479 g/mol. The van der Waals surface area contributed by atoms with Crippen LogP contribution in [-0.2, 0) is 20.7 Å². The quantitative estimate of drug-likeness (QED) is 0.397. The summed E-state index contributed by atoms with van der Waals surface area (Å²) in [6, 6.07) is 14.8. The smallest absolute Gasteiger partial charge is 0.408 e. The third-order valence-electron chi connectivity index (χ3n) is 4.79. The minimum Gasteiger partial charge on any atom is -0.508 e. The van der Waals surface area contributed by atoms with E-state index in [1.165, 1.54) is 24.3 Å². The summed E-state index contributed by atoms with van der Waals surface area (Å²) in [7, 11) is 0. The molecule has 2 unspecified atom stereocenters. The molecule has 0 aromatic heterocycles. The molecule has 3 amide bonds. The van der Waals surface area contributed by atoms with Gasteiger partial charge in [-0.2, -0.15) is 0 Å². The first kappa shape index (κ1) is 27.3. The molecule has 0 radical (unpaired) electrons. The lowest BCUT2D eigenvalue weighted by Crippen LogP contribution is -2.52. The zero-order valence-electron chi connectivity index (χ0n) is 20.7. The molecule has 0 saturated heterocycles. The number of carbonyl (C=O) groups is 3. The number of alkyl carbamates (subject to hydrolysis) is 1. The molecule has 0 aliphatic carbocycles. The first-order valence-electron chi connectivity index (χ1n) is 11.3. The van der Waals surface area contributed by atoms with Gasteiger partial charge in [-0.1, -0.05) is 48.9 Å². The van der Waals surface area contributed by atoms with Crippen molar-refractivity contribution < 1.29 is 24.2 Å². The highest BCUT2D eigenvalue weighted by Crippen LogP contribution is 2.24. The van der Waals surface area contributed by atoms with Crippen LogP contribution in [0.25, 0.3) is 0 Å². The summed E-state index contributed by atoms with van der Waals surface area (Å²) in [4.78, 5) is 40.4. The lowest BCUT2D eigenvalue weighted by Gasteiger charge is -2.31. The number of benzene rings is 2. The third-order valence-corrected chi connectivity index (χ3v) is 4.79. The maximum Gasteiger partial charge on any atom is 0.408 e. The van der Waals surface area contributed by atoms with Crippen molar-refractivity contribution in [3.63, 3.8) is 0 Å². The number of nitrogens with one attached hydrogen (secondary N) is 2. The predicted molar refractivity (Wildman–Crippen MR) is 133 cm³/mol. The fraction of sp³-hybridized carbons (Fsp3) is 0.370. The second-order valence-corrected chi connectivity index (χ2v) is 9.38. The minimum atomic E-state index is -1.19. The maximum atomic E-state index is 13.7. The summed E-state index contributed by atoms with van der Waals surface area (Å²) in [6.07, 6.45) is 5.11. The van der Waals surface area contributed by atoms with Crippen molar-refractivity contribution in [2.75, 3.05) is 0 Å². The van der Waals surface area contributed by atoms with E-state index in [4.69, 9.17) is 11.2 Å². The van der Waals surface area contributed by atoms with E-state index in [1.807, 2.05) is 30.3 Å². The first-order chi connectivity index (χ1) is 16.4. The van der Waals surface area contributed by atoms with Gasteiger partial charge in [-0.05, 0) is 57.9 Å². The van der Waals surface area contributed by atoms with E-state index in [1.54, 1.807) is 34.6 Å². The van der Waals surface area contributed by atoms with Crippen molar-refractivity contribution >= 4 is 17.9 Å².